The molecule has 1 N–H and O–H groups in total. The number of hydrogen-bond donors (Lipinski definition) is 1. The number of anilines is 1. The Morgan fingerprint density at radius 2 is 1.65 bits per heavy atom. The van der Waals surface area contributed by atoms with Crippen molar-refractivity contribution < 1.29 is 9.59 Å². The molecule has 0 aliphatic rings. The zero-order valence-electron chi connectivity index (χ0n) is 15.2. The Labute approximate surface area is 154 Å². The Morgan fingerprint density at radius 1 is 1.04 bits per heavy atom. The van der Waals surface area contributed by atoms with E-state index in [2.05, 4.69) is 11.4 Å². The highest BCUT2D eigenvalue weighted by atomic mass is 16.2. The SMILES string of the molecule is CCCN(Cc1ccc(C#N)cc1)C(=O)Cc1ccc(NC(C)=O)cc1. The average molecular weight is 349 g/mol. The van der Waals surface area contributed by atoms with Gasteiger partial charge in [0.25, 0.3) is 0 Å². The van der Waals surface area contributed by atoms with Crippen LogP contribution in [0.5, 0.6) is 0 Å². The van der Waals surface area contributed by atoms with E-state index >= 15 is 0 Å². The fourth-order valence-electron chi connectivity index (χ4n) is 2.66. The molecule has 0 aliphatic heterocycles. The van der Waals surface area contributed by atoms with Crippen molar-refractivity contribution in [2.24, 2.45) is 0 Å². The topological polar surface area (TPSA) is 73.2 Å². The van der Waals surface area contributed by atoms with Crippen LogP contribution in [0.25, 0.3) is 0 Å². The van der Waals surface area contributed by atoms with Crippen LogP contribution in [0, 0.1) is 11.3 Å². The molecular formula is C21H23N3O2. The summed E-state index contributed by atoms with van der Waals surface area (Å²) in [6.45, 7) is 4.72. The molecule has 5 nitrogen and oxygen atoms in total. The van der Waals surface area contributed by atoms with E-state index in [4.69, 9.17) is 5.26 Å². The molecule has 0 spiro atoms. The fraction of sp³-hybridized carbons (Fsp3) is 0.286. The molecule has 0 atom stereocenters. The highest BCUT2D eigenvalue weighted by molar-refractivity contribution is 5.88. The molecule has 0 fully saturated rings. The van der Waals surface area contributed by atoms with E-state index in [-0.39, 0.29) is 11.8 Å². The molecule has 0 aromatic heterocycles. The van der Waals surface area contributed by atoms with Crippen LogP contribution < -0.4 is 5.32 Å². The lowest BCUT2D eigenvalue weighted by Gasteiger charge is -2.22. The first kappa shape index (κ1) is 19.2. The van der Waals surface area contributed by atoms with Crippen LogP contribution in [0.4, 0.5) is 5.69 Å². The molecule has 5 heteroatoms. The van der Waals surface area contributed by atoms with Gasteiger partial charge in [0.2, 0.25) is 11.8 Å². The first-order chi connectivity index (χ1) is 12.5. The van der Waals surface area contributed by atoms with Crippen LogP contribution in [-0.2, 0) is 22.6 Å². The second kappa shape index (κ2) is 9.38. The molecular weight excluding hydrogens is 326 g/mol. The smallest absolute Gasteiger partial charge is 0.227 e. The van der Waals surface area contributed by atoms with Crippen molar-refractivity contribution in [3.63, 3.8) is 0 Å². The molecule has 0 unspecified atom stereocenters. The lowest BCUT2D eigenvalue weighted by Crippen LogP contribution is -2.32. The third-order valence-corrected chi connectivity index (χ3v) is 3.93. The molecule has 2 aromatic rings. The highest BCUT2D eigenvalue weighted by Crippen LogP contribution is 2.13. The number of nitriles is 1. The zero-order valence-corrected chi connectivity index (χ0v) is 15.2. The Balaban J connectivity index is 2.02. The molecule has 2 amide bonds. The van der Waals surface area contributed by atoms with Crippen molar-refractivity contribution in [1.29, 1.82) is 5.26 Å². The number of nitrogens with one attached hydrogen (secondary N) is 1. The fourth-order valence-corrected chi connectivity index (χ4v) is 2.66. The summed E-state index contributed by atoms with van der Waals surface area (Å²) in [5, 5.41) is 11.6. The quantitative estimate of drug-likeness (QED) is 0.831. The lowest BCUT2D eigenvalue weighted by molar-refractivity contribution is -0.131. The minimum Gasteiger partial charge on any atom is -0.338 e. The third-order valence-electron chi connectivity index (χ3n) is 3.93. The maximum atomic E-state index is 12.7. The van der Waals surface area contributed by atoms with Gasteiger partial charge in [-0.3, -0.25) is 9.59 Å². The van der Waals surface area contributed by atoms with E-state index in [9.17, 15) is 9.59 Å². The molecule has 0 saturated heterocycles. The zero-order chi connectivity index (χ0) is 18.9. The van der Waals surface area contributed by atoms with E-state index in [1.165, 1.54) is 6.92 Å². The van der Waals surface area contributed by atoms with Crippen molar-refractivity contribution in [2.45, 2.75) is 33.2 Å². The summed E-state index contributed by atoms with van der Waals surface area (Å²) >= 11 is 0. The van der Waals surface area contributed by atoms with Crippen LogP contribution in [0.15, 0.2) is 48.5 Å². The minimum absolute atomic E-state index is 0.0588. The second-order valence-corrected chi connectivity index (χ2v) is 6.18. The van der Waals surface area contributed by atoms with E-state index in [1.807, 2.05) is 36.1 Å². The third kappa shape index (κ3) is 5.75. The van der Waals surface area contributed by atoms with Crippen LogP contribution in [0.2, 0.25) is 0 Å². The standard InChI is InChI=1S/C21H23N3O2/c1-3-12-24(15-19-6-4-18(14-22)5-7-19)21(26)13-17-8-10-20(11-9-17)23-16(2)25/h4-11H,3,12-13,15H2,1-2H3,(H,23,25). The minimum atomic E-state index is -0.120. The maximum absolute atomic E-state index is 12.7. The number of carbonyl (C=O) groups is 2. The van der Waals surface area contributed by atoms with Crippen molar-refractivity contribution in [2.75, 3.05) is 11.9 Å². The van der Waals surface area contributed by atoms with Crippen LogP contribution in [-0.4, -0.2) is 23.3 Å². The van der Waals surface area contributed by atoms with Gasteiger partial charge in [-0.05, 0) is 41.8 Å². The average Bonchev–Trinajstić information content (AvgIpc) is 2.63. The van der Waals surface area contributed by atoms with E-state index in [0.29, 0.717) is 25.1 Å². The van der Waals surface area contributed by atoms with Gasteiger partial charge in [-0.25, -0.2) is 0 Å². The largest absolute Gasteiger partial charge is 0.338 e. The van der Waals surface area contributed by atoms with E-state index < -0.39 is 0 Å². The number of benzene rings is 2. The Morgan fingerprint density at radius 3 is 2.19 bits per heavy atom. The van der Waals surface area contributed by atoms with Crippen LogP contribution in [0.3, 0.4) is 0 Å². The van der Waals surface area contributed by atoms with Crippen molar-refractivity contribution in [3.05, 3.63) is 65.2 Å². The van der Waals surface area contributed by atoms with E-state index in [1.54, 1.807) is 24.3 Å². The summed E-state index contributed by atoms with van der Waals surface area (Å²) in [5.74, 6) is -0.0612. The lowest BCUT2D eigenvalue weighted by atomic mass is 10.1. The predicted molar refractivity (Wildman–Crippen MR) is 101 cm³/mol. The molecule has 0 bridgehead atoms. The van der Waals surface area contributed by atoms with Gasteiger partial charge >= 0.3 is 0 Å². The van der Waals surface area contributed by atoms with Gasteiger partial charge in [-0.1, -0.05) is 31.2 Å². The van der Waals surface area contributed by atoms with Crippen molar-refractivity contribution >= 4 is 17.5 Å². The number of rotatable bonds is 7. The number of nitrogens with zero attached hydrogens (tertiary/aromatic N) is 2. The Bertz CT molecular complexity index is 790. The van der Waals surface area contributed by atoms with E-state index in [0.717, 1.165) is 23.2 Å². The van der Waals surface area contributed by atoms with Gasteiger partial charge in [0.05, 0.1) is 18.1 Å². The summed E-state index contributed by atoms with van der Waals surface area (Å²) < 4.78 is 0. The van der Waals surface area contributed by atoms with Gasteiger partial charge in [0.15, 0.2) is 0 Å². The summed E-state index contributed by atoms with van der Waals surface area (Å²) in [4.78, 5) is 25.6. The first-order valence-corrected chi connectivity index (χ1v) is 8.65. The summed E-state index contributed by atoms with van der Waals surface area (Å²) in [6, 6.07) is 16.7. The molecule has 0 radical (unpaired) electrons. The Hall–Kier alpha value is -3.13. The second-order valence-electron chi connectivity index (χ2n) is 6.18. The molecule has 26 heavy (non-hydrogen) atoms. The van der Waals surface area contributed by atoms with Crippen LogP contribution >= 0.6 is 0 Å². The van der Waals surface area contributed by atoms with Crippen molar-refractivity contribution in [1.82, 2.24) is 4.90 Å². The maximum Gasteiger partial charge on any atom is 0.227 e. The number of carbonyl (C=O) groups excluding carboxylic acids is 2. The van der Waals surface area contributed by atoms with Gasteiger partial charge in [-0.2, -0.15) is 5.26 Å². The number of hydrogen-bond acceptors (Lipinski definition) is 3. The normalized spacial score (nSPS) is 10.0. The number of amides is 2. The Kier molecular flexibility index (Phi) is 6.92. The monoisotopic (exact) mass is 349 g/mol. The molecule has 134 valence electrons. The van der Waals surface area contributed by atoms with Crippen molar-refractivity contribution in [3.8, 4) is 6.07 Å². The van der Waals surface area contributed by atoms with Gasteiger partial charge in [0.1, 0.15) is 0 Å². The summed E-state index contributed by atoms with van der Waals surface area (Å²) in [6.07, 6.45) is 1.19. The summed E-state index contributed by atoms with van der Waals surface area (Å²) in [5.41, 5.74) is 3.25. The van der Waals surface area contributed by atoms with Gasteiger partial charge in [-0.15, -0.1) is 0 Å². The molecule has 2 rings (SSSR count). The van der Waals surface area contributed by atoms with Gasteiger partial charge in [0, 0.05) is 25.7 Å². The first-order valence-electron chi connectivity index (χ1n) is 8.65. The molecule has 0 heterocycles. The highest BCUT2D eigenvalue weighted by Gasteiger charge is 2.14. The summed E-state index contributed by atoms with van der Waals surface area (Å²) in [7, 11) is 0. The van der Waals surface area contributed by atoms with Gasteiger partial charge < -0.3 is 10.2 Å². The molecule has 0 aliphatic carbocycles. The predicted octanol–water partition coefficient (Wildman–Crippen LogP) is 3.50. The molecule has 2 aromatic carbocycles. The van der Waals surface area contributed by atoms with Crippen LogP contribution in [0.1, 0.15) is 37.0 Å². The molecule has 0 saturated carbocycles.